The molecule has 2 aliphatic rings. The second-order valence-corrected chi connectivity index (χ2v) is 7.28. The molecule has 1 saturated carbocycles. The molecule has 2 heterocycles. The average molecular weight is 352 g/mol. The van der Waals surface area contributed by atoms with Gasteiger partial charge in [-0.1, -0.05) is 12.8 Å². The molecule has 1 aliphatic heterocycles. The first-order chi connectivity index (χ1) is 12.7. The van der Waals surface area contributed by atoms with Crippen LogP contribution in [0.15, 0.2) is 43.0 Å². The summed E-state index contributed by atoms with van der Waals surface area (Å²) in [4.78, 5) is 30.7. The molecule has 136 valence electrons. The third-order valence-corrected chi connectivity index (χ3v) is 5.49. The number of nitrogens with zero attached hydrogens (tertiary/aromatic N) is 3. The van der Waals surface area contributed by atoms with Gasteiger partial charge in [0.25, 0.3) is 5.91 Å². The van der Waals surface area contributed by atoms with Crippen LogP contribution in [0.1, 0.15) is 42.5 Å². The van der Waals surface area contributed by atoms with E-state index < -0.39 is 0 Å². The highest BCUT2D eigenvalue weighted by atomic mass is 16.2. The molecule has 0 bridgehead atoms. The molecule has 6 nitrogen and oxygen atoms in total. The molecule has 1 atom stereocenters. The lowest BCUT2D eigenvalue weighted by Crippen LogP contribution is -2.36. The van der Waals surface area contributed by atoms with E-state index in [9.17, 15) is 9.59 Å². The monoisotopic (exact) mass is 352 g/mol. The molecular formula is C20H24N4O2. The zero-order valence-electron chi connectivity index (χ0n) is 14.8. The summed E-state index contributed by atoms with van der Waals surface area (Å²) in [6.45, 7) is 1.33. The topological polar surface area (TPSA) is 67.2 Å². The predicted octanol–water partition coefficient (Wildman–Crippen LogP) is 2.39. The van der Waals surface area contributed by atoms with Crippen molar-refractivity contribution in [2.45, 2.75) is 38.1 Å². The smallest absolute Gasteiger partial charge is 0.251 e. The van der Waals surface area contributed by atoms with Crippen LogP contribution in [0, 0.1) is 5.92 Å². The number of nitrogens with one attached hydrogen (secondary N) is 1. The number of amides is 2. The average Bonchev–Trinajstić information content (AvgIpc) is 3.41. The van der Waals surface area contributed by atoms with E-state index in [1.54, 1.807) is 12.5 Å². The Kier molecular flexibility index (Phi) is 4.73. The predicted molar refractivity (Wildman–Crippen MR) is 98.0 cm³/mol. The normalized spacial score (nSPS) is 20.7. The van der Waals surface area contributed by atoms with Gasteiger partial charge in [-0.15, -0.1) is 0 Å². The molecule has 26 heavy (non-hydrogen) atoms. The minimum absolute atomic E-state index is 0.0889. The van der Waals surface area contributed by atoms with Gasteiger partial charge < -0.3 is 14.8 Å². The molecule has 1 saturated heterocycles. The van der Waals surface area contributed by atoms with Gasteiger partial charge in [0.15, 0.2) is 0 Å². The standard InChI is InChI=1S/C20H24N4O2/c25-19-11-15(13-24(19)18-3-1-2-4-18)12-22-20(26)16-5-7-17(8-6-16)23-10-9-21-14-23/h5-10,14-15,18H,1-4,11-13H2,(H,22,26)/t15-/m0/s1. The molecule has 0 spiro atoms. The Morgan fingerprint density at radius 2 is 1.96 bits per heavy atom. The van der Waals surface area contributed by atoms with E-state index in [0.29, 0.717) is 24.6 Å². The fourth-order valence-electron chi connectivity index (χ4n) is 4.05. The highest BCUT2D eigenvalue weighted by molar-refractivity contribution is 5.94. The maximum atomic E-state index is 12.4. The number of benzene rings is 1. The molecule has 0 radical (unpaired) electrons. The Hall–Kier alpha value is -2.63. The summed E-state index contributed by atoms with van der Waals surface area (Å²) in [5.74, 6) is 0.382. The lowest BCUT2D eigenvalue weighted by Gasteiger charge is -2.24. The quantitative estimate of drug-likeness (QED) is 0.898. The van der Waals surface area contributed by atoms with E-state index in [2.05, 4.69) is 10.3 Å². The van der Waals surface area contributed by atoms with Crippen LogP contribution in [0.2, 0.25) is 0 Å². The van der Waals surface area contributed by atoms with E-state index in [0.717, 1.165) is 25.1 Å². The van der Waals surface area contributed by atoms with Gasteiger partial charge in [0.2, 0.25) is 5.91 Å². The van der Waals surface area contributed by atoms with Crippen LogP contribution in [-0.2, 0) is 4.79 Å². The summed E-state index contributed by atoms with van der Waals surface area (Å²) >= 11 is 0. The number of hydrogen-bond acceptors (Lipinski definition) is 3. The maximum Gasteiger partial charge on any atom is 0.251 e. The number of carbonyl (C=O) groups is 2. The van der Waals surface area contributed by atoms with Crippen molar-refractivity contribution in [3.63, 3.8) is 0 Å². The van der Waals surface area contributed by atoms with Gasteiger partial charge in [-0.2, -0.15) is 0 Å². The van der Waals surface area contributed by atoms with Crippen molar-refractivity contribution in [3.8, 4) is 5.69 Å². The van der Waals surface area contributed by atoms with Crippen molar-refractivity contribution in [2.75, 3.05) is 13.1 Å². The Bertz CT molecular complexity index is 764. The fraction of sp³-hybridized carbons (Fsp3) is 0.450. The first kappa shape index (κ1) is 16.8. The van der Waals surface area contributed by atoms with Crippen molar-refractivity contribution in [1.82, 2.24) is 19.8 Å². The van der Waals surface area contributed by atoms with Gasteiger partial charge in [0.05, 0.1) is 6.33 Å². The van der Waals surface area contributed by atoms with Crippen molar-refractivity contribution in [2.24, 2.45) is 5.92 Å². The van der Waals surface area contributed by atoms with Crippen LogP contribution >= 0.6 is 0 Å². The van der Waals surface area contributed by atoms with Gasteiger partial charge in [-0.3, -0.25) is 9.59 Å². The number of hydrogen-bond donors (Lipinski definition) is 1. The van der Waals surface area contributed by atoms with E-state index in [4.69, 9.17) is 0 Å². The zero-order chi connectivity index (χ0) is 17.9. The fourth-order valence-corrected chi connectivity index (χ4v) is 4.05. The van der Waals surface area contributed by atoms with Crippen LogP contribution in [0.4, 0.5) is 0 Å². The Labute approximate surface area is 153 Å². The van der Waals surface area contributed by atoms with Crippen LogP contribution in [0.25, 0.3) is 5.69 Å². The van der Waals surface area contributed by atoms with Crippen LogP contribution < -0.4 is 5.32 Å². The first-order valence-corrected chi connectivity index (χ1v) is 9.37. The summed E-state index contributed by atoms with van der Waals surface area (Å²) in [5, 5.41) is 2.99. The molecule has 2 fully saturated rings. The van der Waals surface area contributed by atoms with Gasteiger partial charge in [-0.25, -0.2) is 4.98 Å². The van der Waals surface area contributed by atoms with Crippen molar-refractivity contribution in [1.29, 1.82) is 0 Å². The summed E-state index contributed by atoms with van der Waals surface area (Å²) in [6.07, 6.45) is 10.6. The number of likely N-dealkylation sites (tertiary alicyclic amines) is 1. The van der Waals surface area contributed by atoms with E-state index in [1.165, 1.54) is 12.8 Å². The summed E-state index contributed by atoms with van der Waals surface area (Å²) in [5.41, 5.74) is 1.60. The first-order valence-electron chi connectivity index (χ1n) is 9.37. The third-order valence-electron chi connectivity index (χ3n) is 5.49. The van der Waals surface area contributed by atoms with Gasteiger partial charge in [-0.05, 0) is 37.1 Å². The summed E-state index contributed by atoms with van der Waals surface area (Å²) in [6, 6.07) is 7.86. The van der Waals surface area contributed by atoms with E-state index >= 15 is 0 Å². The molecule has 4 rings (SSSR count). The number of rotatable bonds is 5. The maximum absolute atomic E-state index is 12.4. The van der Waals surface area contributed by atoms with E-state index in [1.807, 2.05) is 39.9 Å². The van der Waals surface area contributed by atoms with E-state index in [-0.39, 0.29) is 17.7 Å². The summed E-state index contributed by atoms with van der Waals surface area (Å²) in [7, 11) is 0. The number of imidazole rings is 1. The lowest BCUT2D eigenvalue weighted by atomic mass is 10.1. The van der Waals surface area contributed by atoms with Crippen molar-refractivity contribution >= 4 is 11.8 Å². The molecule has 0 unspecified atom stereocenters. The number of aromatic nitrogens is 2. The molecule has 1 aromatic heterocycles. The highest BCUT2D eigenvalue weighted by Crippen LogP contribution is 2.29. The second-order valence-electron chi connectivity index (χ2n) is 7.28. The SMILES string of the molecule is O=C(NC[C@@H]1CC(=O)N(C2CCCC2)C1)c1ccc(-n2ccnc2)cc1. The minimum atomic E-state index is -0.0889. The minimum Gasteiger partial charge on any atom is -0.352 e. The lowest BCUT2D eigenvalue weighted by molar-refractivity contribution is -0.129. The van der Waals surface area contributed by atoms with Crippen LogP contribution in [-0.4, -0.2) is 45.4 Å². The van der Waals surface area contributed by atoms with Crippen LogP contribution in [0.5, 0.6) is 0 Å². The van der Waals surface area contributed by atoms with Gasteiger partial charge in [0.1, 0.15) is 0 Å². The molecule has 1 N–H and O–H groups in total. The van der Waals surface area contributed by atoms with Gasteiger partial charge in [0, 0.05) is 55.1 Å². The van der Waals surface area contributed by atoms with Crippen molar-refractivity contribution < 1.29 is 9.59 Å². The molecule has 2 aromatic rings. The highest BCUT2D eigenvalue weighted by Gasteiger charge is 2.35. The molecule has 1 aliphatic carbocycles. The Morgan fingerprint density at radius 1 is 1.19 bits per heavy atom. The van der Waals surface area contributed by atoms with Crippen molar-refractivity contribution in [3.05, 3.63) is 48.5 Å². The number of carbonyl (C=O) groups excluding carboxylic acids is 2. The third kappa shape index (κ3) is 3.49. The molecule has 2 amide bonds. The largest absolute Gasteiger partial charge is 0.352 e. The Morgan fingerprint density at radius 3 is 2.65 bits per heavy atom. The zero-order valence-corrected chi connectivity index (χ0v) is 14.8. The summed E-state index contributed by atoms with van der Waals surface area (Å²) < 4.78 is 1.89. The van der Waals surface area contributed by atoms with Gasteiger partial charge >= 0.3 is 0 Å². The second kappa shape index (κ2) is 7.32. The Balaban J connectivity index is 1.30. The molecular weight excluding hydrogens is 328 g/mol. The van der Waals surface area contributed by atoms with Crippen LogP contribution in [0.3, 0.4) is 0 Å². The molecule has 6 heteroatoms. The molecule has 1 aromatic carbocycles.